The van der Waals surface area contributed by atoms with Gasteiger partial charge in [0.1, 0.15) is 11.4 Å². The van der Waals surface area contributed by atoms with Crippen LogP contribution in [-0.4, -0.2) is 27.5 Å². The predicted molar refractivity (Wildman–Crippen MR) is 107 cm³/mol. The number of ether oxygens (including phenoxy) is 1. The average molecular weight is 419 g/mol. The van der Waals surface area contributed by atoms with E-state index in [2.05, 4.69) is 4.72 Å². The first kappa shape index (κ1) is 21.0. The molecule has 1 heterocycles. The summed E-state index contributed by atoms with van der Waals surface area (Å²) in [5, 5.41) is 0.514. The Morgan fingerprint density at radius 1 is 1.21 bits per heavy atom. The fourth-order valence-electron chi connectivity index (χ4n) is 3.06. The summed E-state index contributed by atoms with van der Waals surface area (Å²) >= 11 is 0. The van der Waals surface area contributed by atoms with Gasteiger partial charge in [0.2, 0.25) is 15.8 Å². The zero-order valence-electron chi connectivity index (χ0n) is 16.4. The Bertz CT molecular complexity index is 1170. The minimum atomic E-state index is -3.81. The van der Waals surface area contributed by atoms with Gasteiger partial charge < -0.3 is 9.15 Å². The van der Waals surface area contributed by atoms with E-state index in [1.165, 1.54) is 18.2 Å². The molecule has 0 bridgehead atoms. The van der Waals surface area contributed by atoms with Gasteiger partial charge in [0.25, 0.3) is 0 Å². The Labute approximate surface area is 168 Å². The summed E-state index contributed by atoms with van der Waals surface area (Å²) < 4.78 is 52.3. The lowest BCUT2D eigenvalue weighted by Gasteiger charge is -2.08. The number of nitrogens with one attached hydrogen (secondary N) is 1. The first-order valence-electron chi connectivity index (χ1n) is 9.18. The van der Waals surface area contributed by atoms with E-state index in [4.69, 9.17) is 9.15 Å². The van der Waals surface area contributed by atoms with Crippen molar-refractivity contribution in [1.82, 2.24) is 4.72 Å². The van der Waals surface area contributed by atoms with E-state index >= 15 is 0 Å². The van der Waals surface area contributed by atoms with Crippen molar-refractivity contribution in [3.8, 4) is 0 Å². The molecule has 2 aromatic carbocycles. The number of rotatable bonds is 7. The van der Waals surface area contributed by atoms with Crippen molar-refractivity contribution in [2.24, 2.45) is 0 Å². The van der Waals surface area contributed by atoms with Crippen LogP contribution in [0.5, 0.6) is 0 Å². The highest BCUT2D eigenvalue weighted by Crippen LogP contribution is 2.28. The van der Waals surface area contributed by atoms with Gasteiger partial charge in [0.15, 0.2) is 0 Å². The Kier molecular flexibility index (Phi) is 6.04. The number of sulfonamides is 1. The number of halogens is 1. The molecule has 0 aliphatic carbocycles. The number of carbonyl (C=O) groups is 1. The van der Waals surface area contributed by atoms with Gasteiger partial charge in [-0.3, -0.25) is 0 Å². The molecule has 0 saturated heterocycles. The quantitative estimate of drug-likeness (QED) is 0.588. The van der Waals surface area contributed by atoms with Gasteiger partial charge >= 0.3 is 5.97 Å². The van der Waals surface area contributed by atoms with Crippen molar-refractivity contribution in [3.05, 3.63) is 64.7 Å². The number of carbonyl (C=O) groups excluding carboxylic acids is 1. The highest BCUT2D eigenvalue weighted by atomic mass is 32.2. The molecule has 3 aromatic rings. The third kappa shape index (κ3) is 4.33. The maximum absolute atomic E-state index is 14.1. The maximum Gasteiger partial charge on any atom is 0.374 e. The van der Waals surface area contributed by atoms with E-state index in [-0.39, 0.29) is 36.0 Å². The molecular formula is C21H22FNO5S. The van der Waals surface area contributed by atoms with Crippen LogP contribution in [-0.2, 0) is 21.2 Å². The van der Waals surface area contributed by atoms with E-state index in [0.717, 1.165) is 0 Å². The molecule has 0 fully saturated rings. The fraction of sp³-hybridized carbons (Fsp3) is 0.286. The molecule has 0 unspecified atom stereocenters. The minimum Gasteiger partial charge on any atom is -0.460 e. The van der Waals surface area contributed by atoms with Gasteiger partial charge in [-0.15, -0.1) is 0 Å². The molecule has 1 N–H and O–H groups in total. The van der Waals surface area contributed by atoms with Crippen LogP contribution in [0.3, 0.4) is 0 Å². The maximum atomic E-state index is 14.1. The summed E-state index contributed by atoms with van der Waals surface area (Å²) in [5.74, 6) is -0.864. The zero-order valence-corrected chi connectivity index (χ0v) is 17.2. The van der Waals surface area contributed by atoms with Gasteiger partial charge in [0, 0.05) is 17.5 Å². The number of aryl methyl sites for hydroxylation is 2. The van der Waals surface area contributed by atoms with Gasteiger partial charge in [-0.05, 0) is 56.5 Å². The molecule has 0 saturated carbocycles. The van der Waals surface area contributed by atoms with Crippen molar-refractivity contribution >= 4 is 27.0 Å². The van der Waals surface area contributed by atoms with E-state index in [1.807, 2.05) is 0 Å². The van der Waals surface area contributed by atoms with Crippen molar-refractivity contribution < 1.29 is 26.8 Å². The second kappa shape index (κ2) is 8.34. The molecule has 6 nitrogen and oxygen atoms in total. The van der Waals surface area contributed by atoms with E-state index in [1.54, 1.807) is 39.0 Å². The van der Waals surface area contributed by atoms with Crippen LogP contribution < -0.4 is 4.72 Å². The highest BCUT2D eigenvalue weighted by molar-refractivity contribution is 7.89. The predicted octanol–water partition coefficient (Wildman–Crippen LogP) is 3.89. The van der Waals surface area contributed by atoms with Gasteiger partial charge in [-0.2, -0.15) is 0 Å². The number of hydrogen-bond acceptors (Lipinski definition) is 5. The standard InChI is InChI=1S/C21H22FNO5S/c1-4-27-21(24)20-14(3)17-12-16(8-9-18(17)28-20)29(25,26)23-11-10-15-7-5-6-13(2)19(15)22/h5-9,12,23H,4,10-11H2,1-3H3. The molecule has 0 spiro atoms. The number of fused-ring (bicyclic) bond motifs is 1. The molecule has 0 atom stereocenters. The molecular weight excluding hydrogens is 397 g/mol. The molecule has 3 rings (SSSR count). The second-order valence-electron chi connectivity index (χ2n) is 6.63. The summed E-state index contributed by atoms with van der Waals surface area (Å²) in [6.07, 6.45) is 0.229. The first-order chi connectivity index (χ1) is 13.7. The minimum absolute atomic E-state index is 0.0361. The molecule has 1 aromatic heterocycles. The molecule has 0 aliphatic heterocycles. The number of benzene rings is 2. The normalized spacial score (nSPS) is 11.7. The third-order valence-corrected chi connectivity index (χ3v) is 6.10. The topological polar surface area (TPSA) is 85.6 Å². The van der Waals surface area contributed by atoms with Crippen LogP contribution in [0.4, 0.5) is 4.39 Å². The summed E-state index contributed by atoms with van der Waals surface area (Å²) in [6, 6.07) is 9.38. The Balaban J connectivity index is 1.80. The van der Waals surface area contributed by atoms with Gasteiger partial charge in [-0.1, -0.05) is 18.2 Å². The van der Waals surface area contributed by atoms with E-state index in [0.29, 0.717) is 27.7 Å². The Morgan fingerprint density at radius 2 is 1.97 bits per heavy atom. The molecule has 29 heavy (non-hydrogen) atoms. The summed E-state index contributed by atoms with van der Waals surface area (Å²) in [7, 11) is -3.81. The number of furan rings is 1. The highest BCUT2D eigenvalue weighted by Gasteiger charge is 2.21. The summed E-state index contributed by atoms with van der Waals surface area (Å²) in [5.41, 5.74) is 1.88. The van der Waals surface area contributed by atoms with Crippen molar-refractivity contribution in [2.75, 3.05) is 13.2 Å². The summed E-state index contributed by atoms with van der Waals surface area (Å²) in [6.45, 7) is 5.28. The van der Waals surface area contributed by atoms with Crippen LogP contribution in [0.25, 0.3) is 11.0 Å². The van der Waals surface area contributed by atoms with E-state index < -0.39 is 16.0 Å². The van der Waals surface area contributed by atoms with Gasteiger partial charge in [-0.25, -0.2) is 22.3 Å². The average Bonchev–Trinajstić information content (AvgIpc) is 3.01. The third-order valence-electron chi connectivity index (χ3n) is 4.64. The monoisotopic (exact) mass is 419 g/mol. The first-order valence-corrected chi connectivity index (χ1v) is 10.7. The van der Waals surface area contributed by atoms with Crippen molar-refractivity contribution in [2.45, 2.75) is 32.1 Å². The van der Waals surface area contributed by atoms with Crippen LogP contribution in [0.15, 0.2) is 45.7 Å². The van der Waals surface area contributed by atoms with E-state index in [9.17, 15) is 17.6 Å². The lowest BCUT2D eigenvalue weighted by atomic mass is 10.1. The number of esters is 1. The molecule has 0 radical (unpaired) electrons. The molecule has 154 valence electrons. The lowest BCUT2D eigenvalue weighted by molar-refractivity contribution is 0.0491. The smallest absolute Gasteiger partial charge is 0.374 e. The largest absolute Gasteiger partial charge is 0.460 e. The fourth-order valence-corrected chi connectivity index (χ4v) is 4.12. The lowest BCUT2D eigenvalue weighted by Crippen LogP contribution is -2.26. The Morgan fingerprint density at radius 3 is 2.69 bits per heavy atom. The zero-order chi connectivity index (χ0) is 21.2. The SMILES string of the molecule is CCOC(=O)c1oc2ccc(S(=O)(=O)NCCc3cccc(C)c3F)cc2c1C. The summed E-state index contributed by atoms with van der Waals surface area (Å²) in [4.78, 5) is 12.0. The molecule has 0 amide bonds. The van der Waals surface area contributed by atoms with Crippen molar-refractivity contribution in [1.29, 1.82) is 0 Å². The van der Waals surface area contributed by atoms with Crippen LogP contribution in [0.1, 0.15) is 34.2 Å². The van der Waals surface area contributed by atoms with Gasteiger partial charge in [0.05, 0.1) is 11.5 Å². The Hall–Kier alpha value is -2.71. The molecule has 0 aliphatic rings. The van der Waals surface area contributed by atoms with Crippen LogP contribution in [0, 0.1) is 19.7 Å². The molecule has 8 heteroatoms. The van der Waals surface area contributed by atoms with Crippen molar-refractivity contribution in [3.63, 3.8) is 0 Å². The number of hydrogen-bond donors (Lipinski definition) is 1. The second-order valence-corrected chi connectivity index (χ2v) is 8.40. The van der Waals surface area contributed by atoms with Crippen LogP contribution >= 0.6 is 0 Å². The van der Waals surface area contributed by atoms with Crippen LogP contribution in [0.2, 0.25) is 0 Å².